The van der Waals surface area contributed by atoms with Crippen LogP contribution in [-0.2, 0) is 0 Å². The quantitative estimate of drug-likeness (QED) is 0.896. The van der Waals surface area contributed by atoms with Gasteiger partial charge in [-0.3, -0.25) is 0 Å². The number of nitrogens with zero attached hydrogens (tertiary/aromatic N) is 1. The van der Waals surface area contributed by atoms with Crippen LogP contribution in [0.4, 0.5) is 0 Å². The van der Waals surface area contributed by atoms with Crippen molar-refractivity contribution in [2.75, 3.05) is 19.6 Å². The lowest BCUT2D eigenvalue weighted by Crippen LogP contribution is -2.37. The maximum Gasteiger partial charge on any atom is 0.0639 e. The van der Waals surface area contributed by atoms with Gasteiger partial charge in [0.05, 0.1) is 6.10 Å². The van der Waals surface area contributed by atoms with Crippen molar-refractivity contribution in [3.63, 3.8) is 0 Å². The Morgan fingerprint density at radius 1 is 1.29 bits per heavy atom. The fraction of sp³-hybridized carbons (Fsp3) is 0.571. The Bertz CT molecular complexity index is 342. The smallest absolute Gasteiger partial charge is 0.0639 e. The topological polar surface area (TPSA) is 23.5 Å². The number of hydrogen-bond donors (Lipinski definition) is 1. The van der Waals surface area contributed by atoms with Gasteiger partial charge in [0.15, 0.2) is 0 Å². The predicted octanol–water partition coefficient (Wildman–Crippen LogP) is 2.90. The van der Waals surface area contributed by atoms with E-state index < -0.39 is 0 Å². The van der Waals surface area contributed by atoms with Crippen molar-refractivity contribution >= 4 is 11.6 Å². The van der Waals surface area contributed by atoms with Crippen molar-refractivity contribution in [1.29, 1.82) is 0 Å². The first-order valence-electron chi connectivity index (χ1n) is 6.31. The molecule has 94 valence electrons. The molecule has 0 saturated carbocycles. The summed E-state index contributed by atoms with van der Waals surface area (Å²) in [4.78, 5) is 2.34. The number of hydrogen-bond acceptors (Lipinski definition) is 2. The van der Waals surface area contributed by atoms with Gasteiger partial charge in [-0.25, -0.2) is 0 Å². The molecule has 1 N–H and O–H groups in total. The van der Waals surface area contributed by atoms with Crippen LogP contribution in [0.1, 0.15) is 31.2 Å². The second kappa shape index (κ2) is 5.85. The maximum absolute atomic E-state index is 9.36. The molecule has 17 heavy (non-hydrogen) atoms. The molecule has 1 atom stereocenters. The molecule has 1 saturated heterocycles. The summed E-state index contributed by atoms with van der Waals surface area (Å²) in [6, 6.07) is 8.22. The van der Waals surface area contributed by atoms with Gasteiger partial charge in [0.1, 0.15) is 0 Å². The van der Waals surface area contributed by atoms with Crippen LogP contribution >= 0.6 is 11.6 Å². The van der Waals surface area contributed by atoms with Gasteiger partial charge in [0.25, 0.3) is 0 Å². The Morgan fingerprint density at radius 3 is 2.41 bits per heavy atom. The highest BCUT2D eigenvalue weighted by atomic mass is 35.5. The van der Waals surface area contributed by atoms with E-state index in [1.54, 1.807) is 0 Å². The summed E-state index contributed by atoms with van der Waals surface area (Å²) in [5, 5.41) is 10.2. The van der Waals surface area contributed by atoms with Gasteiger partial charge in [-0.1, -0.05) is 23.7 Å². The molecule has 3 heteroatoms. The van der Waals surface area contributed by atoms with Gasteiger partial charge >= 0.3 is 0 Å². The molecule has 1 heterocycles. The molecule has 1 unspecified atom stereocenters. The van der Waals surface area contributed by atoms with Crippen LogP contribution in [0, 0.1) is 0 Å². The maximum atomic E-state index is 9.36. The highest BCUT2D eigenvalue weighted by Crippen LogP contribution is 2.28. The van der Waals surface area contributed by atoms with Crippen molar-refractivity contribution in [2.24, 2.45) is 0 Å². The monoisotopic (exact) mass is 253 g/mol. The third kappa shape index (κ3) is 3.70. The first-order chi connectivity index (χ1) is 8.15. The van der Waals surface area contributed by atoms with Gasteiger partial charge in [0, 0.05) is 11.6 Å². The third-order valence-corrected chi connectivity index (χ3v) is 3.70. The van der Waals surface area contributed by atoms with Gasteiger partial charge in [0.2, 0.25) is 0 Å². The first-order valence-corrected chi connectivity index (χ1v) is 6.69. The Labute approximate surface area is 108 Å². The molecular formula is C14H20ClNO. The van der Waals surface area contributed by atoms with E-state index in [9.17, 15) is 5.11 Å². The van der Waals surface area contributed by atoms with Gasteiger partial charge in [-0.2, -0.15) is 0 Å². The summed E-state index contributed by atoms with van der Waals surface area (Å²) in [5.74, 6) is 0.650. The van der Waals surface area contributed by atoms with Crippen molar-refractivity contribution in [2.45, 2.75) is 31.8 Å². The molecule has 0 amide bonds. The van der Waals surface area contributed by atoms with E-state index in [1.165, 1.54) is 18.4 Å². The molecule has 1 aromatic rings. The van der Waals surface area contributed by atoms with E-state index in [1.807, 2.05) is 19.1 Å². The van der Waals surface area contributed by atoms with Crippen LogP contribution in [0.25, 0.3) is 0 Å². The summed E-state index contributed by atoms with van der Waals surface area (Å²) in [6.07, 6.45) is 2.13. The molecule has 0 aliphatic carbocycles. The molecule has 1 aliphatic heterocycles. The normalized spacial score (nSPS) is 20.4. The van der Waals surface area contributed by atoms with Crippen LogP contribution in [-0.4, -0.2) is 35.7 Å². The molecule has 0 bridgehead atoms. The van der Waals surface area contributed by atoms with E-state index >= 15 is 0 Å². The summed E-state index contributed by atoms with van der Waals surface area (Å²) < 4.78 is 0. The van der Waals surface area contributed by atoms with E-state index in [0.29, 0.717) is 5.92 Å². The Hall–Kier alpha value is -0.570. The standard InChI is InChI=1S/C14H20ClNO/c1-11(17)10-16-8-6-13(7-9-16)12-2-4-14(15)5-3-12/h2-5,11,13,17H,6-10H2,1H3. The number of aliphatic hydroxyl groups excluding tert-OH is 1. The van der Waals surface area contributed by atoms with Crippen molar-refractivity contribution in [3.05, 3.63) is 34.9 Å². The van der Waals surface area contributed by atoms with E-state index in [-0.39, 0.29) is 6.10 Å². The molecular weight excluding hydrogens is 234 g/mol. The first kappa shape index (κ1) is 12.9. The van der Waals surface area contributed by atoms with Crippen LogP contribution < -0.4 is 0 Å². The van der Waals surface area contributed by atoms with Gasteiger partial charge in [-0.15, -0.1) is 0 Å². The number of likely N-dealkylation sites (tertiary alicyclic amines) is 1. The van der Waals surface area contributed by atoms with Crippen LogP contribution in [0.2, 0.25) is 5.02 Å². The second-order valence-corrected chi connectivity index (χ2v) is 5.41. The SMILES string of the molecule is CC(O)CN1CCC(c2ccc(Cl)cc2)CC1. The van der Waals surface area contributed by atoms with Gasteiger partial charge in [-0.05, 0) is 56.5 Å². The highest BCUT2D eigenvalue weighted by molar-refractivity contribution is 6.30. The summed E-state index contributed by atoms with van der Waals surface area (Å²) in [5.41, 5.74) is 1.39. The zero-order chi connectivity index (χ0) is 12.3. The Balaban J connectivity index is 1.88. The number of benzene rings is 1. The predicted molar refractivity (Wildman–Crippen MR) is 71.5 cm³/mol. The van der Waals surface area contributed by atoms with Crippen LogP contribution in [0.3, 0.4) is 0 Å². The van der Waals surface area contributed by atoms with Crippen LogP contribution in [0.5, 0.6) is 0 Å². The average molecular weight is 254 g/mol. The summed E-state index contributed by atoms with van der Waals surface area (Å²) >= 11 is 5.90. The second-order valence-electron chi connectivity index (χ2n) is 4.98. The molecule has 0 spiro atoms. The Kier molecular flexibility index (Phi) is 4.43. The largest absolute Gasteiger partial charge is 0.392 e. The molecule has 2 rings (SSSR count). The molecule has 1 fully saturated rings. The molecule has 1 aliphatic rings. The van der Waals surface area contributed by atoms with E-state index in [2.05, 4.69) is 17.0 Å². The number of aliphatic hydroxyl groups is 1. The van der Waals surface area contributed by atoms with E-state index in [4.69, 9.17) is 11.6 Å². The minimum Gasteiger partial charge on any atom is -0.392 e. The number of piperidine rings is 1. The van der Waals surface area contributed by atoms with Crippen LogP contribution in [0.15, 0.2) is 24.3 Å². The molecule has 0 aromatic heterocycles. The highest BCUT2D eigenvalue weighted by Gasteiger charge is 2.20. The minimum absolute atomic E-state index is 0.220. The van der Waals surface area contributed by atoms with E-state index in [0.717, 1.165) is 24.7 Å². The molecule has 1 aromatic carbocycles. The lowest BCUT2D eigenvalue weighted by Gasteiger charge is -2.32. The lowest BCUT2D eigenvalue weighted by atomic mass is 9.89. The van der Waals surface area contributed by atoms with Gasteiger partial charge < -0.3 is 10.0 Å². The molecule has 0 radical (unpaired) electrons. The average Bonchev–Trinajstić information content (AvgIpc) is 2.30. The fourth-order valence-electron chi connectivity index (χ4n) is 2.56. The Morgan fingerprint density at radius 2 is 1.88 bits per heavy atom. The summed E-state index contributed by atoms with van der Waals surface area (Å²) in [6.45, 7) is 4.81. The van der Waals surface area contributed by atoms with Crippen molar-refractivity contribution in [3.8, 4) is 0 Å². The van der Waals surface area contributed by atoms with Crippen molar-refractivity contribution < 1.29 is 5.11 Å². The number of β-amino-alcohol motifs (C(OH)–C–C–N with tert-alkyl or cyclic N) is 1. The lowest BCUT2D eigenvalue weighted by molar-refractivity contribution is 0.109. The van der Waals surface area contributed by atoms with Crippen molar-refractivity contribution in [1.82, 2.24) is 4.90 Å². The molecule has 2 nitrogen and oxygen atoms in total. The number of halogens is 1. The zero-order valence-corrected chi connectivity index (χ0v) is 11.0. The number of rotatable bonds is 3. The fourth-order valence-corrected chi connectivity index (χ4v) is 2.68. The summed E-state index contributed by atoms with van der Waals surface area (Å²) in [7, 11) is 0. The third-order valence-electron chi connectivity index (χ3n) is 3.45. The minimum atomic E-state index is -0.220. The zero-order valence-electron chi connectivity index (χ0n) is 10.3.